The zero-order chi connectivity index (χ0) is 6.97. The van der Waals surface area contributed by atoms with E-state index in [2.05, 4.69) is 4.37 Å². The first kappa shape index (κ1) is 6.00. The molecule has 0 spiro atoms. The molecule has 0 fully saturated rings. The Kier molecular flexibility index (Phi) is 1.28. The molecule has 2 heterocycles. The fourth-order valence-electron chi connectivity index (χ4n) is 0.740. The molecule has 0 amide bonds. The van der Waals surface area contributed by atoms with E-state index in [4.69, 9.17) is 0 Å². The number of fused-ring (bicyclic) bond motifs is 1. The zero-order valence-electron chi connectivity index (χ0n) is 4.90. The van der Waals surface area contributed by atoms with Gasteiger partial charge in [-0.05, 0) is 23.0 Å². The van der Waals surface area contributed by atoms with E-state index in [0.717, 1.165) is 9.40 Å². The maximum atomic E-state index is 11.0. The molecule has 4 heteroatoms. The van der Waals surface area contributed by atoms with Crippen LogP contribution in [0.1, 0.15) is 0 Å². The molecule has 0 radical (unpaired) electrons. The second-order valence-electron chi connectivity index (χ2n) is 1.81. The summed E-state index contributed by atoms with van der Waals surface area (Å²) in [5, 5.41) is 2.70. The van der Waals surface area contributed by atoms with Crippen molar-refractivity contribution in [1.82, 2.24) is 4.37 Å². The molecular formula is C6H3NOS2. The average molecular weight is 169 g/mol. The summed E-state index contributed by atoms with van der Waals surface area (Å²) in [5.41, 5.74) is 0.0231. The minimum Gasteiger partial charge on any atom is -0.287 e. The molecular weight excluding hydrogens is 166 g/mol. The highest BCUT2D eigenvalue weighted by Crippen LogP contribution is 2.18. The van der Waals surface area contributed by atoms with Gasteiger partial charge in [-0.3, -0.25) is 4.79 Å². The van der Waals surface area contributed by atoms with Crippen molar-refractivity contribution in [3.05, 3.63) is 27.9 Å². The van der Waals surface area contributed by atoms with Crippen LogP contribution >= 0.6 is 22.9 Å². The Labute approximate surface area is 64.9 Å². The van der Waals surface area contributed by atoms with Crippen molar-refractivity contribution in [3.8, 4) is 0 Å². The van der Waals surface area contributed by atoms with E-state index >= 15 is 0 Å². The standard InChI is InChI=1S/C6H3NOS2/c8-5-3-7-10-6-4(5)1-2-9-6/h1-3H. The lowest BCUT2D eigenvalue weighted by molar-refractivity contribution is 1.50. The highest BCUT2D eigenvalue weighted by Gasteiger charge is 1.97. The van der Waals surface area contributed by atoms with Gasteiger partial charge in [0, 0.05) is 0 Å². The average Bonchev–Trinajstić information content (AvgIpc) is 2.36. The maximum Gasteiger partial charge on any atom is 0.207 e. The molecule has 2 nitrogen and oxygen atoms in total. The second-order valence-corrected chi connectivity index (χ2v) is 3.79. The number of aromatic nitrogens is 1. The summed E-state index contributed by atoms with van der Waals surface area (Å²) >= 11 is 2.92. The van der Waals surface area contributed by atoms with Crippen LogP contribution in [0, 0.1) is 0 Å². The molecule has 0 bridgehead atoms. The summed E-state index contributed by atoms with van der Waals surface area (Å²) in [7, 11) is 0. The molecule has 0 unspecified atom stereocenters. The SMILES string of the molecule is O=c1cnsc2sccc12. The lowest BCUT2D eigenvalue weighted by Crippen LogP contribution is -1.95. The monoisotopic (exact) mass is 169 g/mol. The predicted octanol–water partition coefficient (Wildman–Crippen LogP) is 1.72. The van der Waals surface area contributed by atoms with Crippen LogP contribution < -0.4 is 5.43 Å². The molecule has 2 rings (SSSR count). The number of rotatable bonds is 0. The molecule has 0 atom stereocenters. The lowest BCUT2D eigenvalue weighted by atomic mass is 10.4. The second kappa shape index (κ2) is 2.14. The molecule has 0 aliphatic carbocycles. The molecule has 0 saturated heterocycles. The van der Waals surface area contributed by atoms with Crippen LogP contribution in [0.4, 0.5) is 0 Å². The third-order valence-corrected chi connectivity index (χ3v) is 3.02. The Hall–Kier alpha value is -0.740. The summed E-state index contributed by atoms with van der Waals surface area (Å²) in [6, 6.07) is 1.83. The third kappa shape index (κ3) is 0.767. The number of hydrogen-bond acceptors (Lipinski definition) is 4. The molecule has 0 saturated carbocycles. The number of hydrogen-bond donors (Lipinski definition) is 0. The van der Waals surface area contributed by atoms with Gasteiger partial charge in [0.25, 0.3) is 0 Å². The molecule has 2 aromatic heterocycles. The predicted molar refractivity (Wildman–Crippen MR) is 43.8 cm³/mol. The van der Waals surface area contributed by atoms with Gasteiger partial charge >= 0.3 is 0 Å². The number of nitrogens with zero attached hydrogens (tertiary/aromatic N) is 1. The largest absolute Gasteiger partial charge is 0.287 e. The van der Waals surface area contributed by atoms with Gasteiger partial charge in [0.1, 0.15) is 4.01 Å². The van der Waals surface area contributed by atoms with Crippen LogP contribution in [0.5, 0.6) is 0 Å². The van der Waals surface area contributed by atoms with Gasteiger partial charge in [-0.25, -0.2) is 0 Å². The van der Waals surface area contributed by atoms with Crippen molar-refractivity contribution in [2.45, 2.75) is 0 Å². The summed E-state index contributed by atoms with van der Waals surface area (Å²) < 4.78 is 4.83. The van der Waals surface area contributed by atoms with Crippen molar-refractivity contribution in [2.24, 2.45) is 0 Å². The first-order chi connectivity index (χ1) is 4.88. The van der Waals surface area contributed by atoms with Crippen molar-refractivity contribution < 1.29 is 0 Å². The quantitative estimate of drug-likeness (QED) is 0.601. The topological polar surface area (TPSA) is 30.0 Å². The van der Waals surface area contributed by atoms with Gasteiger partial charge in [0.05, 0.1) is 11.6 Å². The van der Waals surface area contributed by atoms with Crippen molar-refractivity contribution >= 4 is 32.3 Å². The van der Waals surface area contributed by atoms with Crippen molar-refractivity contribution in [3.63, 3.8) is 0 Å². The van der Waals surface area contributed by atoms with E-state index in [1.807, 2.05) is 11.4 Å². The van der Waals surface area contributed by atoms with Gasteiger partial charge in [0.15, 0.2) is 0 Å². The Bertz CT molecular complexity index is 403. The van der Waals surface area contributed by atoms with Gasteiger partial charge in [-0.15, -0.1) is 11.3 Å². The Morgan fingerprint density at radius 2 is 2.40 bits per heavy atom. The first-order valence-corrected chi connectivity index (χ1v) is 4.35. The lowest BCUT2D eigenvalue weighted by Gasteiger charge is -1.79. The van der Waals surface area contributed by atoms with Gasteiger partial charge in [-0.1, -0.05) is 0 Å². The molecule has 0 aliphatic rings. The molecule has 10 heavy (non-hydrogen) atoms. The Morgan fingerprint density at radius 1 is 1.50 bits per heavy atom. The molecule has 0 aromatic carbocycles. The molecule has 2 aromatic rings. The zero-order valence-corrected chi connectivity index (χ0v) is 6.54. The van der Waals surface area contributed by atoms with Crippen LogP contribution in [0.15, 0.2) is 22.4 Å². The van der Waals surface area contributed by atoms with Crippen LogP contribution in [0.2, 0.25) is 0 Å². The highest BCUT2D eigenvalue weighted by molar-refractivity contribution is 7.34. The minimum atomic E-state index is 0.0231. The summed E-state index contributed by atoms with van der Waals surface area (Å²) in [5.74, 6) is 0. The highest BCUT2D eigenvalue weighted by atomic mass is 32.2. The van der Waals surface area contributed by atoms with E-state index < -0.39 is 0 Å². The van der Waals surface area contributed by atoms with Crippen molar-refractivity contribution in [1.29, 1.82) is 0 Å². The van der Waals surface area contributed by atoms with Crippen molar-refractivity contribution in [2.75, 3.05) is 0 Å². The molecule has 0 aliphatic heterocycles. The minimum absolute atomic E-state index is 0.0231. The van der Waals surface area contributed by atoms with Crippen LogP contribution in [-0.4, -0.2) is 4.37 Å². The molecule has 50 valence electrons. The third-order valence-electron chi connectivity index (χ3n) is 1.20. The van der Waals surface area contributed by atoms with Gasteiger partial charge < -0.3 is 0 Å². The van der Waals surface area contributed by atoms with E-state index in [-0.39, 0.29) is 5.43 Å². The molecule has 0 N–H and O–H groups in total. The van der Waals surface area contributed by atoms with Crippen LogP contribution in [0.3, 0.4) is 0 Å². The number of thiophene rings is 1. The van der Waals surface area contributed by atoms with E-state index in [1.54, 1.807) is 11.3 Å². The van der Waals surface area contributed by atoms with Gasteiger partial charge in [-0.2, -0.15) is 4.37 Å². The van der Waals surface area contributed by atoms with Gasteiger partial charge in [0.2, 0.25) is 5.43 Å². The fraction of sp³-hybridized carbons (Fsp3) is 0. The first-order valence-electron chi connectivity index (χ1n) is 2.70. The Balaban J connectivity index is 3.09. The summed E-state index contributed by atoms with van der Waals surface area (Å²) in [6.45, 7) is 0. The van der Waals surface area contributed by atoms with E-state index in [1.165, 1.54) is 17.7 Å². The fourth-order valence-corrected chi connectivity index (χ4v) is 2.34. The summed E-state index contributed by atoms with van der Waals surface area (Å²) in [4.78, 5) is 11.0. The van der Waals surface area contributed by atoms with Crippen LogP contribution in [0.25, 0.3) is 9.40 Å². The normalized spacial score (nSPS) is 10.4. The van der Waals surface area contributed by atoms with E-state index in [9.17, 15) is 4.79 Å². The smallest absolute Gasteiger partial charge is 0.207 e. The Morgan fingerprint density at radius 3 is 3.20 bits per heavy atom. The summed E-state index contributed by atoms with van der Waals surface area (Å²) in [6.07, 6.45) is 1.36. The van der Waals surface area contributed by atoms with Crippen LogP contribution in [-0.2, 0) is 0 Å². The van der Waals surface area contributed by atoms with E-state index in [0.29, 0.717) is 0 Å². The maximum absolute atomic E-state index is 11.0.